The molecule has 0 unspecified atom stereocenters. The lowest BCUT2D eigenvalue weighted by atomic mass is 9.98. The van der Waals surface area contributed by atoms with E-state index in [9.17, 15) is 18.8 Å². The van der Waals surface area contributed by atoms with Crippen molar-refractivity contribution < 1.29 is 23.5 Å². The van der Waals surface area contributed by atoms with Crippen LogP contribution in [0, 0.1) is 11.7 Å². The van der Waals surface area contributed by atoms with Gasteiger partial charge in [-0.25, -0.2) is 9.18 Å². The summed E-state index contributed by atoms with van der Waals surface area (Å²) in [6.07, 6.45) is 3.24. The van der Waals surface area contributed by atoms with Gasteiger partial charge >= 0.3 is 6.09 Å². The molecule has 2 N–H and O–H groups in total. The topological polar surface area (TPSA) is 84.5 Å². The molecule has 0 radical (unpaired) electrons. The Morgan fingerprint density at radius 2 is 1.94 bits per heavy atom. The molecular formula is C24H25FN2O4. The van der Waals surface area contributed by atoms with Gasteiger partial charge in [-0.15, -0.1) is 0 Å². The zero-order chi connectivity index (χ0) is 22.2. The summed E-state index contributed by atoms with van der Waals surface area (Å²) in [5, 5.41) is 5.40. The molecule has 0 saturated carbocycles. The van der Waals surface area contributed by atoms with Crippen molar-refractivity contribution in [1.82, 2.24) is 5.32 Å². The number of alkyl carbamates (subject to hydrolysis) is 1. The molecule has 0 bridgehead atoms. The molecule has 2 aromatic carbocycles. The van der Waals surface area contributed by atoms with E-state index in [0.717, 1.165) is 5.56 Å². The highest BCUT2D eigenvalue weighted by atomic mass is 19.1. The van der Waals surface area contributed by atoms with Crippen molar-refractivity contribution in [2.75, 3.05) is 5.32 Å². The minimum Gasteiger partial charge on any atom is -0.445 e. The highest BCUT2D eigenvalue weighted by Crippen LogP contribution is 2.21. The summed E-state index contributed by atoms with van der Waals surface area (Å²) >= 11 is 0. The standard InChI is InChI=1S/C24H25FN2O4/c1-16-6-5-9-21(27-24(30)31-15-17-7-3-2-4-8-17)22(28)13-10-18-14-19(25)11-12-20(18)26-23(16)29/h2-8,11-12,14,16,21H,9-10,13,15H2,1H3,(H,26,29)(H,27,30)/b6-5+/t16-,21+/m1/s1. The zero-order valence-electron chi connectivity index (χ0n) is 17.3. The predicted octanol–water partition coefficient (Wildman–Crippen LogP) is 4.16. The molecule has 0 spiro atoms. The fourth-order valence-electron chi connectivity index (χ4n) is 3.25. The lowest BCUT2D eigenvalue weighted by Gasteiger charge is -2.19. The fraction of sp³-hybridized carbons (Fsp3) is 0.292. The third-order valence-corrected chi connectivity index (χ3v) is 5.07. The molecule has 2 amide bonds. The summed E-state index contributed by atoms with van der Waals surface area (Å²) < 4.78 is 18.9. The number of anilines is 1. The lowest BCUT2D eigenvalue weighted by molar-refractivity contribution is -0.121. The molecule has 162 valence electrons. The van der Waals surface area contributed by atoms with E-state index < -0.39 is 23.9 Å². The number of halogens is 1. The molecule has 6 nitrogen and oxygen atoms in total. The van der Waals surface area contributed by atoms with Gasteiger partial charge in [-0.2, -0.15) is 0 Å². The van der Waals surface area contributed by atoms with E-state index >= 15 is 0 Å². The van der Waals surface area contributed by atoms with Crippen LogP contribution in [0.4, 0.5) is 14.9 Å². The smallest absolute Gasteiger partial charge is 0.408 e. The number of ether oxygens (including phenoxy) is 1. The Morgan fingerprint density at radius 3 is 2.71 bits per heavy atom. The summed E-state index contributed by atoms with van der Waals surface area (Å²) in [4.78, 5) is 37.4. The van der Waals surface area contributed by atoms with Crippen LogP contribution in [0.3, 0.4) is 0 Å². The molecule has 1 aliphatic heterocycles. The number of Topliss-reactive ketones (excluding diaryl/α,β-unsaturated/α-hetero) is 1. The summed E-state index contributed by atoms with van der Waals surface area (Å²) in [5.74, 6) is -1.34. The maximum absolute atomic E-state index is 13.7. The minimum atomic E-state index is -0.800. The second-order valence-electron chi connectivity index (χ2n) is 7.47. The molecule has 7 heteroatoms. The van der Waals surface area contributed by atoms with E-state index in [4.69, 9.17) is 4.74 Å². The zero-order valence-corrected chi connectivity index (χ0v) is 17.3. The molecule has 0 aromatic heterocycles. The van der Waals surface area contributed by atoms with E-state index in [1.165, 1.54) is 18.2 Å². The number of benzene rings is 2. The van der Waals surface area contributed by atoms with E-state index in [0.29, 0.717) is 11.3 Å². The van der Waals surface area contributed by atoms with Crippen LogP contribution < -0.4 is 10.6 Å². The average Bonchev–Trinajstić information content (AvgIpc) is 2.76. The monoisotopic (exact) mass is 424 g/mol. The van der Waals surface area contributed by atoms with Crippen LogP contribution in [0.5, 0.6) is 0 Å². The maximum atomic E-state index is 13.7. The molecule has 0 fully saturated rings. The minimum absolute atomic E-state index is 0.0827. The Hall–Kier alpha value is -3.48. The summed E-state index contributed by atoms with van der Waals surface area (Å²) in [6, 6.07) is 12.5. The first-order valence-corrected chi connectivity index (χ1v) is 10.2. The summed E-state index contributed by atoms with van der Waals surface area (Å²) in [5.41, 5.74) is 1.84. The van der Waals surface area contributed by atoms with Gasteiger partial charge in [0.05, 0.1) is 12.0 Å². The fourth-order valence-corrected chi connectivity index (χ4v) is 3.25. The summed E-state index contributed by atoms with van der Waals surface area (Å²) in [7, 11) is 0. The number of fused-ring (bicyclic) bond motifs is 1. The highest BCUT2D eigenvalue weighted by molar-refractivity contribution is 5.94. The second-order valence-corrected chi connectivity index (χ2v) is 7.47. The lowest BCUT2D eigenvalue weighted by Crippen LogP contribution is -2.41. The van der Waals surface area contributed by atoms with Gasteiger partial charge in [-0.1, -0.05) is 49.4 Å². The Kier molecular flexibility index (Phi) is 7.54. The van der Waals surface area contributed by atoms with Crippen LogP contribution in [0.15, 0.2) is 60.7 Å². The third kappa shape index (κ3) is 6.50. The van der Waals surface area contributed by atoms with Crippen molar-refractivity contribution in [3.63, 3.8) is 0 Å². The number of hydrogen-bond acceptors (Lipinski definition) is 4. The molecule has 1 heterocycles. The van der Waals surface area contributed by atoms with Crippen LogP contribution in [0.2, 0.25) is 0 Å². The van der Waals surface area contributed by atoms with Gasteiger partial charge < -0.3 is 15.4 Å². The number of ketones is 1. The average molecular weight is 424 g/mol. The number of aryl methyl sites for hydroxylation is 1. The van der Waals surface area contributed by atoms with Gasteiger partial charge in [0.2, 0.25) is 5.91 Å². The van der Waals surface area contributed by atoms with Crippen LogP contribution in [0.1, 0.15) is 30.9 Å². The van der Waals surface area contributed by atoms with Gasteiger partial charge in [-0.3, -0.25) is 9.59 Å². The Balaban J connectivity index is 1.71. The van der Waals surface area contributed by atoms with Gasteiger partial charge in [0.1, 0.15) is 12.4 Å². The molecule has 2 aromatic rings. The molecular weight excluding hydrogens is 399 g/mol. The second kappa shape index (κ2) is 10.5. The number of carbonyl (C=O) groups is 3. The number of rotatable bonds is 3. The van der Waals surface area contributed by atoms with E-state index in [-0.39, 0.29) is 37.6 Å². The van der Waals surface area contributed by atoms with E-state index in [2.05, 4.69) is 10.6 Å². The quantitative estimate of drug-likeness (QED) is 0.725. The van der Waals surface area contributed by atoms with E-state index in [1.54, 1.807) is 19.1 Å². The Bertz CT molecular complexity index is 975. The molecule has 0 saturated heterocycles. The number of hydrogen-bond donors (Lipinski definition) is 2. The van der Waals surface area contributed by atoms with Crippen molar-refractivity contribution in [1.29, 1.82) is 0 Å². The highest BCUT2D eigenvalue weighted by Gasteiger charge is 2.22. The van der Waals surface area contributed by atoms with Crippen molar-refractivity contribution >= 4 is 23.5 Å². The van der Waals surface area contributed by atoms with Crippen LogP contribution in [-0.4, -0.2) is 23.8 Å². The SMILES string of the molecule is C[C@@H]1/C=C/C[C@H](NC(=O)OCc2ccccc2)C(=O)CCc2cc(F)ccc2NC1=O. The van der Waals surface area contributed by atoms with Gasteiger partial charge in [0, 0.05) is 12.1 Å². The molecule has 0 aliphatic carbocycles. The first-order chi connectivity index (χ1) is 14.9. The Morgan fingerprint density at radius 1 is 1.16 bits per heavy atom. The van der Waals surface area contributed by atoms with Crippen LogP contribution >= 0.6 is 0 Å². The first kappa shape index (κ1) is 22.2. The molecule has 3 rings (SSSR count). The van der Waals surface area contributed by atoms with Gasteiger partial charge in [0.25, 0.3) is 0 Å². The largest absolute Gasteiger partial charge is 0.445 e. The Labute approximate surface area is 180 Å². The molecule has 31 heavy (non-hydrogen) atoms. The molecule has 1 aliphatic rings. The van der Waals surface area contributed by atoms with Crippen molar-refractivity contribution in [2.45, 2.75) is 38.8 Å². The number of nitrogens with one attached hydrogen (secondary N) is 2. The van der Waals surface area contributed by atoms with Crippen molar-refractivity contribution in [3.05, 3.63) is 77.6 Å². The first-order valence-electron chi connectivity index (χ1n) is 10.2. The van der Waals surface area contributed by atoms with E-state index in [1.807, 2.05) is 30.3 Å². The maximum Gasteiger partial charge on any atom is 0.408 e. The van der Waals surface area contributed by atoms with Crippen LogP contribution in [-0.2, 0) is 27.4 Å². The molecule has 2 atom stereocenters. The predicted molar refractivity (Wildman–Crippen MR) is 115 cm³/mol. The summed E-state index contributed by atoms with van der Waals surface area (Å²) in [6.45, 7) is 1.81. The van der Waals surface area contributed by atoms with Gasteiger partial charge in [-0.05, 0) is 42.2 Å². The van der Waals surface area contributed by atoms with Crippen LogP contribution in [0.25, 0.3) is 0 Å². The normalized spacial score (nSPS) is 20.5. The number of amides is 2. The number of carbonyl (C=O) groups excluding carboxylic acids is 3. The third-order valence-electron chi connectivity index (χ3n) is 5.07. The van der Waals surface area contributed by atoms with Gasteiger partial charge in [0.15, 0.2) is 5.78 Å². The van der Waals surface area contributed by atoms with Crippen molar-refractivity contribution in [3.8, 4) is 0 Å². The van der Waals surface area contributed by atoms with Crippen molar-refractivity contribution in [2.24, 2.45) is 5.92 Å².